The Labute approximate surface area is 107 Å². The van der Waals surface area contributed by atoms with Crippen molar-refractivity contribution >= 4 is 17.8 Å². The zero-order valence-corrected chi connectivity index (χ0v) is 9.95. The smallest absolute Gasteiger partial charge is 0.308 e. The van der Waals surface area contributed by atoms with Crippen LogP contribution in [0.3, 0.4) is 0 Å². The number of esters is 1. The van der Waals surface area contributed by atoms with Crippen molar-refractivity contribution in [1.29, 1.82) is 0 Å². The molecule has 1 heterocycles. The molecule has 2 rings (SSSR count). The fourth-order valence-electron chi connectivity index (χ4n) is 1.45. The highest BCUT2D eigenvalue weighted by Gasteiger charge is 2.14. The second kappa shape index (κ2) is 4.81. The minimum Gasteiger partial charge on any atom is -0.427 e. The van der Waals surface area contributed by atoms with E-state index in [-0.39, 0.29) is 11.4 Å². The van der Waals surface area contributed by atoms with E-state index in [1.807, 2.05) is 0 Å². The number of carbonyl (C=O) groups excluding carboxylic acids is 2. The monoisotopic (exact) mass is 262 g/mol. The van der Waals surface area contributed by atoms with Crippen LogP contribution in [0.1, 0.15) is 17.3 Å². The maximum atomic E-state index is 11.9. The van der Waals surface area contributed by atoms with Crippen molar-refractivity contribution in [3.63, 3.8) is 0 Å². The van der Waals surface area contributed by atoms with E-state index in [2.05, 4.69) is 0 Å². The number of nitrogen functional groups attached to an aromatic ring is 1. The highest BCUT2D eigenvalue weighted by molar-refractivity contribution is 5.95. The summed E-state index contributed by atoms with van der Waals surface area (Å²) in [7, 11) is 0. The van der Waals surface area contributed by atoms with E-state index in [0.29, 0.717) is 10.5 Å². The number of hydrogen-bond acceptors (Lipinski definition) is 6. The molecule has 0 radical (unpaired) electrons. The Morgan fingerprint density at radius 3 is 2.37 bits per heavy atom. The summed E-state index contributed by atoms with van der Waals surface area (Å²) in [5.41, 5.74) is 4.83. The summed E-state index contributed by atoms with van der Waals surface area (Å²) in [5, 5.41) is 0. The summed E-state index contributed by atoms with van der Waals surface area (Å²) >= 11 is 0. The molecule has 19 heavy (non-hydrogen) atoms. The molecule has 1 aromatic carbocycles. The Morgan fingerprint density at radius 2 is 1.89 bits per heavy atom. The molecule has 0 saturated heterocycles. The van der Waals surface area contributed by atoms with Crippen molar-refractivity contribution < 1.29 is 18.8 Å². The van der Waals surface area contributed by atoms with E-state index in [9.17, 15) is 14.4 Å². The minimum atomic E-state index is -0.656. The predicted molar refractivity (Wildman–Crippen MR) is 64.9 cm³/mol. The first-order valence-electron chi connectivity index (χ1n) is 5.29. The molecule has 0 atom stereocenters. The van der Waals surface area contributed by atoms with Gasteiger partial charge in [0.2, 0.25) is 5.88 Å². The minimum absolute atomic E-state index is 0.144. The van der Waals surface area contributed by atoms with Crippen LogP contribution >= 0.6 is 0 Å². The Balaban J connectivity index is 2.27. The number of rotatable bonds is 2. The number of hydrogen-bond donors (Lipinski definition) is 1. The molecule has 2 N–H and O–H groups in total. The van der Waals surface area contributed by atoms with Gasteiger partial charge in [0.15, 0.2) is 0 Å². The topological polar surface area (TPSA) is 105 Å². The number of aromatic nitrogens is 1. The molecule has 0 aliphatic carbocycles. The van der Waals surface area contributed by atoms with Gasteiger partial charge in [0.25, 0.3) is 11.5 Å². The highest BCUT2D eigenvalue weighted by Crippen LogP contribution is 2.13. The van der Waals surface area contributed by atoms with Gasteiger partial charge in [-0.3, -0.25) is 14.4 Å². The number of nitrogens with zero attached hydrogens (tertiary/aromatic N) is 1. The summed E-state index contributed by atoms with van der Waals surface area (Å²) in [6.45, 7) is 1.27. The van der Waals surface area contributed by atoms with E-state index in [0.717, 1.165) is 6.07 Å². The fourth-order valence-corrected chi connectivity index (χ4v) is 1.45. The summed E-state index contributed by atoms with van der Waals surface area (Å²) in [6, 6.07) is 6.70. The molecule has 1 aromatic heterocycles. The van der Waals surface area contributed by atoms with Crippen molar-refractivity contribution in [2.45, 2.75) is 6.92 Å². The molecule has 98 valence electrons. The van der Waals surface area contributed by atoms with Crippen molar-refractivity contribution in [2.75, 3.05) is 5.73 Å². The first kappa shape index (κ1) is 12.6. The first-order valence-corrected chi connectivity index (χ1v) is 5.29. The van der Waals surface area contributed by atoms with E-state index in [4.69, 9.17) is 15.0 Å². The fraction of sp³-hybridized carbons (Fsp3) is 0.0833. The van der Waals surface area contributed by atoms with Gasteiger partial charge in [-0.15, -0.1) is 0 Å². The van der Waals surface area contributed by atoms with Crippen LogP contribution in [0.2, 0.25) is 0 Å². The number of ether oxygens (including phenoxy) is 1. The van der Waals surface area contributed by atoms with Crippen molar-refractivity contribution in [2.24, 2.45) is 0 Å². The molecule has 2 aromatic rings. The van der Waals surface area contributed by atoms with Crippen LogP contribution in [-0.4, -0.2) is 16.6 Å². The summed E-state index contributed by atoms with van der Waals surface area (Å²) in [4.78, 5) is 34.0. The number of nitrogens with two attached hydrogens (primary N) is 1. The molecule has 7 nitrogen and oxygen atoms in total. The molecule has 0 saturated carbocycles. The third-order valence-corrected chi connectivity index (χ3v) is 2.21. The molecule has 0 unspecified atom stereocenters. The van der Waals surface area contributed by atoms with Crippen molar-refractivity contribution in [3.05, 3.63) is 46.2 Å². The Morgan fingerprint density at radius 1 is 1.26 bits per heavy atom. The van der Waals surface area contributed by atoms with Gasteiger partial charge < -0.3 is 15.0 Å². The standard InChI is InChI=1S/C12H10N2O5/c1-7(15)18-9-4-2-8(3-5-9)12(17)14-11(16)6-10(13)19-14/h2-6H,13H2,1H3. The number of anilines is 1. The largest absolute Gasteiger partial charge is 0.427 e. The molecule has 0 spiro atoms. The van der Waals surface area contributed by atoms with Gasteiger partial charge in [0.1, 0.15) is 5.75 Å². The molecule has 0 aliphatic rings. The second-order valence-corrected chi connectivity index (χ2v) is 3.69. The van der Waals surface area contributed by atoms with Crippen LogP contribution in [0, 0.1) is 0 Å². The van der Waals surface area contributed by atoms with Gasteiger partial charge in [-0.05, 0) is 24.3 Å². The highest BCUT2D eigenvalue weighted by atomic mass is 16.5. The SMILES string of the molecule is CC(=O)Oc1ccc(C(=O)n2oc(N)cc2=O)cc1. The summed E-state index contributed by atoms with van der Waals surface area (Å²) < 4.78 is 10.1. The van der Waals surface area contributed by atoms with E-state index < -0.39 is 17.4 Å². The molecule has 0 aliphatic heterocycles. The van der Waals surface area contributed by atoms with Gasteiger partial charge in [-0.2, -0.15) is 0 Å². The lowest BCUT2D eigenvalue weighted by molar-refractivity contribution is -0.131. The average molecular weight is 262 g/mol. The van der Waals surface area contributed by atoms with Crippen LogP contribution < -0.4 is 16.0 Å². The molecular weight excluding hydrogens is 252 g/mol. The quantitative estimate of drug-likeness (QED) is 0.629. The van der Waals surface area contributed by atoms with Crippen molar-refractivity contribution in [1.82, 2.24) is 4.74 Å². The van der Waals surface area contributed by atoms with Crippen LogP contribution in [0.4, 0.5) is 5.88 Å². The van der Waals surface area contributed by atoms with Gasteiger partial charge >= 0.3 is 5.97 Å². The van der Waals surface area contributed by atoms with E-state index in [1.165, 1.54) is 31.2 Å². The maximum absolute atomic E-state index is 11.9. The van der Waals surface area contributed by atoms with Gasteiger partial charge in [-0.1, -0.05) is 4.74 Å². The Kier molecular flexibility index (Phi) is 3.19. The molecule has 7 heteroatoms. The zero-order chi connectivity index (χ0) is 14.0. The maximum Gasteiger partial charge on any atom is 0.308 e. The number of benzene rings is 1. The van der Waals surface area contributed by atoms with E-state index >= 15 is 0 Å². The lowest BCUT2D eigenvalue weighted by Gasteiger charge is -2.02. The summed E-state index contributed by atoms with van der Waals surface area (Å²) in [6.07, 6.45) is 0. The first-order chi connectivity index (χ1) is 8.97. The van der Waals surface area contributed by atoms with Gasteiger partial charge in [0, 0.05) is 12.5 Å². The van der Waals surface area contributed by atoms with Gasteiger partial charge in [-0.25, -0.2) is 0 Å². The average Bonchev–Trinajstić information content (AvgIpc) is 2.68. The third-order valence-electron chi connectivity index (χ3n) is 2.21. The van der Waals surface area contributed by atoms with Crippen molar-refractivity contribution in [3.8, 4) is 5.75 Å². The number of carbonyl (C=O) groups is 2. The zero-order valence-electron chi connectivity index (χ0n) is 9.95. The van der Waals surface area contributed by atoms with Crippen LogP contribution in [0.15, 0.2) is 39.6 Å². The molecular formula is C12H10N2O5. The Hall–Kier alpha value is -2.83. The lowest BCUT2D eigenvalue weighted by atomic mass is 10.2. The second-order valence-electron chi connectivity index (χ2n) is 3.69. The molecule has 0 bridgehead atoms. The molecule has 0 amide bonds. The van der Waals surface area contributed by atoms with Crippen LogP contribution in [-0.2, 0) is 4.79 Å². The molecule has 0 fully saturated rings. The van der Waals surface area contributed by atoms with E-state index in [1.54, 1.807) is 0 Å². The lowest BCUT2D eigenvalue weighted by Crippen LogP contribution is -2.22. The predicted octanol–water partition coefficient (Wildman–Crippen LogP) is 0.637. The van der Waals surface area contributed by atoms with Gasteiger partial charge in [0.05, 0.1) is 6.07 Å². The third kappa shape index (κ3) is 2.71. The Bertz CT molecular complexity index is 681. The van der Waals surface area contributed by atoms with Crippen LogP contribution in [0.5, 0.6) is 5.75 Å². The summed E-state index contributed by atoms with van der Waals surface area (Å²) in [5.74, 6) is -0.963. The normalized spacial score (nSPS) is 10.2. The van der Waals surface area contributed by atoms with Crippen LogP contribution in [0.25, 0.3) is 0 Å².